The highest BCUT2D eigenvalue weighted by molar-refractivity contribution is 7.47. The number of ether oxygens (including phenoxy) is 4. The molecule has 0 spiro atoms. The molecule has 0 amide bonds. The Bertz CT molecular complexity index is 2630. The minimum absolute atomic E-state index is 0.0420. The topological polar surface area (TPSA) is 237 Å². The van der Waals surface area contributed by atoms with Gasteiger partial charge in [-0.15, -0.1) is 0 Å². The van der Waals surface area contributed by atoms with Gasteiger partial charge in [-0.1, -0.05) is 276 Å². The van der Waals surface area contributed by atoms with E-state index in [0.717, 1.165) is 193 Å². The Balaban J connectivity index is 5.46. The molecular weight excluding hydrogens is 1380 g/mol. The average molecular weight is 1520 g/mol. The molecule has 0 aromatic heterocycles. The van der Waals surface area contributed by atoms with Crippen LogP contribution in [0.5, 0.6) is 0 Å². The first-order valence-electron chi connectivity index (χ1n) is 40.7. The second-order valence-corrected chi connectivity index (χ2v) is 29.5. The van der Waals surface area contributed by atoms with Crippen molar-refractivity contribution in [2.24, 2.45) is 0 Å². The van der Waals surface area contributed by atoms with Crippen LogP contribution in [-0.4, -0.2) is 96.7 Å². The fourth-order valence-corrected chi connectivity index (χ4v) is 11.9. The van der Waals surface area contributed by atoms with Crippen molar-refractivity contribution in [3.8, 4) is 0 Å². The highest BCUT2D eigenvalue weighted by atomic mass is 31.2. The number of phosphoric ester groups is 2. The van der Waals surface area contributed by atoms with E-state index < -0.39 is 97.5 Å². The molecule has 0 radical (unpaired) electrons. The molecule has 0 heterocycles. The van der Waals surface area contributed by atoms with E-state index in [1.54, 1.807) is 0 Å². The van der Waals surface area contributed by atoms with E-state index in [2.05, 4.69) is 186 Å². The van der Waals surface area contributed by atoms with Gasteiger partial charge in [0.1, 0.15) is 19.3 Å². The molecule has 106 heavy (non-hydrogen) atoms. The van der Waals surface area contributed by atoms with Crippen molar-refractivity contribution < 1.29 is 80.2 Å². The van der Waals surface area contributed by atoms with Gasteiger partial charge in [-0.05, 0) is 167 Å². The molecule has 19 heteroatoms. The van der Waals surface area contributed by atoms with Gasteiger partial charge >= 0.3 is 39.5 Å². The first-order valence-corrected chi connectivity index (χ1v) is 43.7. The maximum Gasteiger partial charge on any atom is 0.472 e. The minimum Gasteiger partial charge on any atom is -0.462 e. The summed E-state index contributed by atoms with van der Waals surface area (Å²) in [7, 11) is -10.00. The number of unbranched alkanes of at least 4 members (excludes halogenated alkanes) is 23. The third-order valence-electron chi connectivity index (χ3n) is 16.4. The molecule has 0 saturated carbocycles. The second kappa shape index (κ2) is 77.8. The maximum absolute atomic E-state index is 13.1. The van der Waals surface area contributed by atoms with Crippen LogP contribution in [-0.2, 0) is 65.4 Å². The lowest BCUT2D eigenvalue weighted by atomic mass is 10.1. The van der Waals surface area contributed by atoms with Gasteiger partial charge < -0.3 is 33.8 Å². The van der Waals surface area contributed by atoms with E-state index >= 15 is 0 Å². The first-order chi connectivity index (χ1) is 51.7. The monoisotopic (exact) mass is 1520 g/mol. The van der Waals surface area contributed by atoms with E-state index in [4.69, 9.17) is 37.0 Å². The molecule has 0 aromatic carbocycles. The van der Waals surface area contributed by atoms with Crippen molar-refractivity contribution in [1.82, 2.24) is 0 Å². The van der Waals surface area contributed by atoms with Crippen molar-refractivity contribution in [2.75, 3.05) is 39.6 Å². The van der Waals surface area contributed by atoms with Crippen LogP contribution in [0.4, 0.5) is 0 Å². The molecule has 0 aliphatic heterocycles. The van der Waals surface area contributed by atoms with Crippen molar-refractivity contribution >= 4 is 39.5 Å². The predicted octanol–water partition coefficient (Wildman–Crippen LogP) is 24.0. The molecule has 5 atom stereocenters. The Morgan fingerprint density at radius 3 is 0.811 bits per heavy atom. The summed E-state index contributed by atoms with van der Waals surface area (Å²) in [4.78, 5) is 73.1. The Morgan fingerprint density at radius 1 is 0.274 bits per heavy atom. The molecule has 0 saturated heterocycles. The lowest BCUT2D eigenvalue weighted by molar-refractivity contribution is -0.161. The number of phosphoric acid groups is 2. The fraction of sp³-hybridized carbons (Fsp3) is 0.655. The summed E-state index contributed by atoms with van der Waals surface area (Å²) < 4.78 is 68.6. The highest BCUT2D eigenvalue weighted by Crippen LogP contribution is 2.45. The first kappa shape index (κ1) is 101. The van der Waals surface area contributed by atoms with Gasteiger partial charge in [-0.25, -0.2) is 9.13 Å². The van der Waals surface area contributed by atoms with E-state index in [0.29, 0.717) is 25.7 Å². The molecule has 0 bridgehead atoms. The van der Waals surface area contributed by atoms with Crippen molar-refractivity contribution in [1.29, 1.82) is 0 Å². The molecule has 0 fully saturated rings. The zero-order valence-electron chi connectivity index (χ0n) is 66.1. The van der Waals surface area contributed by atoms with E-state index in [1.165, 1.54) is 38.5 Å². The number of aliphatic hydroxyl groups is 1. The Hall–Kier alpha value is -5.32. The summed E-state index contributed by atoms with van der Waals surface area (Å²) in [6, 6.07) is 0. The van der Waals surface area contributed by atoms with Crippen molar-refractivity contribution in [2.45, 2.75) is 329 Å². The molecule has 0 rings (SSSR count). The quantitative estimate of drug-likeness (QED) is 0.0169. The van der Waals surface area contributed by atoms with Crippen LogP contribution >= 0.6 is 15.6 Å². The summed E-state index contributed by atoms with van der Waals surface area (Å²) >= 11 is 0. The fourth-order valence-electron chi connectivity index (χ4n) is 10.3. The molecule has 3 N–H and O–H groups in total. The number of rotatable bonds is 75. The number of carbonyl (C=O) groups excluding carboxylic acids is 4. The van der Waals surface area contributed by atoms with Crippen LogP contribution in [0.3, 0.4) is 0 Å². The Labute approximate surface area is 642 Å². The van der Waals surface area contributed by atoms with Gasteiger partial charge in [0, 0.05) is 25.7 Å². The van der Waals surface area contributed by atoms with Gasteiger partial charge in [-0.2, -0.15) is 0 Å². The van der Waals surface area contributed by atoms with Crippen LogP contribution < -0.4 is 0 Å². The zero-order chi connectivity index (χ0) is 77.4. The SMILES string of the molecule is CC/C=C\C/C=C\C/C=C\C/C=C\C/C=C\CCCCCC(=O)OCC(COP(=O)(O)OCC(O)COP(=O)(O)OCC(COC(=O)CCCCCCC/C=C\CCCCCCCC)OC(=O)CCCCCCC/C=C\C/C=C\CCC)OC(=O)CCCCC/C=C\C/C=C\C/C=C\C/C=C\C/C=C\CC. The summed E-state index contributed by atoms with van der Waals surface area (Å²) in [6.07, 6.45) is 90.8. The number of hydrogen-bond donors (Lipinski definition) is 3. The van der Waals surface area contributed by atoms with Crippen molar-refractivity contribution in [3.05, 3.63) is 158 Å². The molecule has 17 nitrogen and oxygen atoms in total. The third kappa shape index (κ3) is 76.9. The summed E-state index contributed by atoms with van der Waals surface area (Å²) in [5, 5.41) is 10.6. The van der Waals surface area contributed by atoms with Gasteiger partial charge in [0.05, 0.1) is 26.4 Å². The molecule has 0 aliphatic rings. The van der Waals surface area contributed by atoms with Crippen LogP contribution in [0.15, 0.2) is 158 Å². The van der Waals surface area contributed by atoms with E-state index in [-0.39, 0.29) is 25.7 Å². The van der Waals surface area contributed by atoms with E-state index in [1.807, 2.05) is 0 Å². The Morgan fingerprint density at radius 2 is 0.509 bits per heavy atom. The molecule has 5 unspecified atom stereocenters. The van der Waals surface area contributed by atoms with Gasteiger partial charge in [0.15, 0.2) is 12.2 Å². The number of carbonyl (C=O) groups is 4. The second-order valence-electron chi connectivity index (χ2n) is 26.6. The standard InChI is InChI=1S/C87H144O17P2/c1-5-9-13-17-21-25-29-33-36-38-40-42-45-49-52-56-60-64-68-72-85(90)98-78-83(104-87(92)74-70-66-62-58-54-50-46-43-41-39-37-34-30-26-22-18-14-10-6-2)80-102-106(95,96)100-76-81(88)75-99-105(93,94)101-79-82(103-86(91)73-69-65-61-57-53-47-32-28-24-20-16-12-8-4)77-97-84(89)71-67-63-59-55-51-48-44-35-31-27-23-19-15-11-7-3/h9-10,13-14,16,20-22,25-26,28,32-37,40-44,49-50,52,54,81-83,88H,5-8,11-12,15,17-19,23-24,27,29-31,38-39,45-48,51,53,55-80H2,1-4H3,(H,93,94)(H,95,96)/b13-9-,14-10-,20-16-,25-21-,26-22-,32-28-,36-33-,37-34-,42-40-,43-41-,44-35-,52-49-,54-50-. The summed E-state index contributed by atoms with van der Waals surface area (Å²) in [5.74, 6) is -2.28. The Kier molecular flexibility index (Phi) is 73.9. The molecular formula is C87H144O17P2. The highest BCUT2D eigenvalue weighted by Gasteiger charge is 2.30. The summed E-state index contributed by atoms with van der Waals surface area (Å²) in [6.45, 7) is 4.48. The smallest absolute Gasteiger partial charge is 0.462 e. The van der Waals surface area contributed by atoms with Gasteiger partial charge in [0.25, 0.3) is 0 Å². The third-order valence-corrected chi connectivity index (χ3v) is 18.3. The summed E-state index contributed by atoms with van der Waals surface area (Å²) in [5.41, 5.74) is 0. The zero-order valence-corrected chi connectivity index (χ0v) is 67.8. The number of allylic oxidation sites excluding steroid dienone is 26. The maximum atomic E-state index is 13.1. The normalized spacial score (nSPS) is 14.7. The van der Waals surface area contributed by atoms with Crippen LogP contribution in [0.1, 0.15) is 310 Å². The van der Waals surface area contributed by atoms with Crippen LogP contribution in [0.25, 0.3) is 0 Å². The van der Waals surface area contributed by atoms with Crippen LogP contribution in [0.2, 0.25) is 0 Å². The molecule has 604 valence electrons. The minimum atomic E-state index is -5.00. The van der Waals surface area contributed by atoms with Gasteiger partial charge in [-0.3, -0.25) is 37.3 Å². The molecule has 0 aromatic rings. The predicted molar refractivity (Wildman–Crippen MR) is 436 cm³/mol. The lowest BCUT2D eigenvalue weighted by Gasteiger charge is -2.21. The number of aliphatic hydroxyl groups excluding tert-OH is 1. The van der Waals surface area contributed by atoms with Gasteiger partial charge in [0.2, 0.25) is 0 Å². The largest absolute Gasteiger partial charge is 0.472 e. The number of esters is 4. The van der Waals surface area contributed by atoms with Crippen LogP contribution in [0, 0.1) is 0 Å². The average Bonchev–Trinajstić information content (AvgIpc) is 0.903. The lowest BCUT2D eigenvalue weighted by Crippen LogP contribution is -2.30. The van der Waals surface area contributed by atoms with Crippen molar-refractivity contribution in [3.63, 3.8) is 0 Å². The molecule has 0 aliphatic carbocycles. The van der Waals surface area contributed by atoms with E-state index in [9.17, 15) is 43.2 Å². The number of hydrogen-bond acceptors (Lipinski definition) is 15.